The number of nitrogens with zero attached hydrogens (tertiary/aromatic N) is 1. The van der Waals surface area contributed by atoms with Gasteiger partial charge in [-0.2, -0.15) is 0 Å². The van der Waals surface area contributed by atoms with Crippen LogP contribution in [0.3, 0.4) is 0 Å². The van der Waals surface area contributed by atoms with Crippen LogP contribution in [0, 0.1) is 0 Å². The first kappa shape index (κ1) is 21.4. The van der Waals surface area contributed by atoms with E-state index in [9.17, 15) is 13.2 Å². The number of thioether (sulfide) groups is 1. The van der Waals surface area contributed by atoms with E-state index >= 15 is 0 Å². The van der Waals surface area contributed by atoms with Crippen LogP contribution < -0.4 is 5.32 Å². The molecule has 3 aromatic carbocycles. The summed E-state index contributed by atoms with van der Waals surface area (Å²) >= 11 is 1.55. The maximum atomic E-state index is 12.6. The molecule has 0 radical (unpaired) electrons. The molecule has 152 valence electrons. The van der Waals surface area contributed by atoms with Crippen LogP contribution in [0.25, 0.3) is 10.8 Å². The Morgan fingerprint density at radius 2 is 1.72 bits per heavy atom. The van der Waals surface area contributed by atoms with Gasteiger partial charge in [-0.3, -0.25) is 4.79 Å². The fourth-order valence-electron chi connectivity index (χ4n) is 2.90. The molecule has 0 saturated carbocycles. The number of anilines is 1. The lowest BCUT2D eigenvalue weighted by molar-refractivity contribution is -0.115. The molecule has 29 heavy (non-hydrogen) atoms. The van der Waals surface area contributed by atoms with Crippen LogP contribution in [0.5, 0.6) is 0 Å². The molecule has 0 aliphatic rings. The van der Waals surface area contributed by atoms with E-state index in [0.29, 0.717) is 11.4 Å². The molecule has 0 bridgehead atoms. The summed E-state index contributed by atoms with van der Waals surface area (Å²) < 4.78 is 25.7. The summed E-state index contributed by atoms with van der Waals surface area (Å²) in [4.78, 5) is 12.7. The lowest BCUT2D eigenvalue weighted by Gasteiger charge is -2.15. The second kappa shape index (κ2) is 8.98. The number of hydrogen-bond donors (Lipinski definition) is 1. The van der Waals surface area contributed by atoms with Crippen molar-refractivity contribution in [2.24, 2.45) is 0 Å². The van der Waals surface area contributed by atoms with Crippen molar-refractivity contribution in [1.29, 1.82) is 0 Å². The molecule has 7 heteroatoms. The number of fused-ring (bicyclic) bond motifs is 1. The zero-order valence-electron chi connectivity index (χ0n) is 16.6. The average Bonchev–Trinajstić information content (AvgIpc) is 2.72. The van der Waals surface area contributed by atoms with Gasteiger partial charge in [0.15, 0.2) is 0 Å². The van der Waals surface area contributed by atoms with Gasteiger partial charge in [-0.05, 0) is 41.5 Å². The van der Waals surface area contributed by atoms with Gasteiger partial charge in [0.25, 0.3) is 0 Å². The van der Waals surface area contributed by atoms with Crippen LogP contribution in [0.2, 0.25) is 0 Å². The van der Waals surface area contributed by atoms with Gasteiger partial charge in [0.2, 0.25) is 15.9 Å². The maximum absolute atomic E-state index is 12.6. The fourth-order valence-corrected chi connectivity index (χ4v) is 4.74. The van der Waals surface area contributed by atoms with Gasteiger partial charge < -0.3 is 5.32 Å². The number of amides is 1. The largest absolute Gasteiger partial charge is 0.325 e. The first-order valence-corrected chi connectivity index (χ1v) is 11.7. The SMILES string of the molecule is CC(SCc1cccc2ccccc12)C(=O)Nc1cccc(S(=O)(=O)N(C)C)c1. The van der Waals surface area contributed by atoms with Gasteiger partial charge in [0.05, 0.1) is 10.1 Å². The average molecular weight is 429 g/mol. The Bertz CT molecular complexity index is 1120. The number of hydrogen-bond acceptors (Lipinski definition) is 4. The molecule has 0 aromatic heterocycles. The Morgan fingerprint density at radius 3 is 2.48 bits per heavy atom. The van der Waals surface area contributed by atoms with E-state index in [-0.39, 0.29) is 16.1 Å². The minimum absolute atomic E-state index is 0.149. The van der Waals surface area contributed by atoms with E-state index in [0.717, 1.165) is 4.31 Å². The zero-order valence-corrected chi connectivity index (χ0v) is 18.3. The molecule has 3 rings (SSSR count). The Morgan fingerprint density at radius 1 is 1.03 bits per heavy atom. The molecule has 1 unspecified atom stereocenters. The van der Waals surface area contributed by atoms with Crippen LogP contribution in [-0.4, -0.2) is 38.0 Å². The number of benzene rings is 3. The van der Waals surface area contributed by atoms with E-state index in [1.165, 1.54) is 42.6 Å². The van der Waals surface area contributed by atoms with Crippen molar-refractivity contribution in [1.82, 2.24) is 4.31 Å². The Kier molecular flexibility index (Phi) is 6.62. The summed E-state index contributed by atoms with van der Waals surface area (Å²) in [6.45, 7) is 1.85. The zero-order chi connectivity index (χ0) is 21.0. The van der Waals surface area contributed by atoms with Gasteiger partial charge in [0, 0.05) is 25.5 Å². The number of nitrogens with one attached hydrogen (secondary N) is 1. The Labute approximate surface area is 176 Å². The van der Waals surface area contributed by atoms with Crippen LogP contribution in [0.15, 0.2) is 71.6 Å². The maximum Gasteiger partial charge on any atom is 0.242 e. The minimum atomic E-state index is -3.55. The predicted molar refractivity (Wildman–Crippen MR) is 121 cm³/mol. The highest BCUT2D eigenvalue weighted by molar-refractivity contribution is 7.99. The quantitative estimate of drug-likeness (QED) is 0.608. The van der Waals surface area contributed by atoms with Crippen molar-refractivity contribution in [3.05, 3.63) is 72.3 Å². The lowest BCUT2D eigenvalue weighted by Crippen LogP contribution is -2.24. The molecule has 0 heterocycles. The van der Waals surface area contributed by atoms with Gasteiger partial charge in [-0.1, -0.05) is 48.5 Å². The summed E-state index contributed by atoms with van der Waals surface area (Å²) in [5.41, 5.74) is 1.65. The molecule has 0 spiro atoms. The molecule has 1 amide bonds. The molecule has 1 N–H and O–H groups in total. The highest BCUT2D eigenvalue weighted by atomic mass is 32.2. The molecule has 1 atom stereocenters. The first-order valence-electron chi connectivity index (χ1n) is 9.21. The van der Waals surface area contributed by atoms with Crippen LogP contribution in [0.4, 0.5) is 5.69 Å². The first-order chi connectivity index (χ1) is 13.8. The normalized spacial score (nSPS) is 12.8. The number of rotatable bonds is 7. The van der Waals surface area contributed by atoms with Gasteiger partial charge in [0.1, 0.15) is 0 Å². The van der Waals surface area contributed by atoms with Gasteiger partial charge in [-0.15, -0.1) is 11.8 Å². The van der Waals surface area contributed by atoms with Crippen LogP contribution in [0.1, 0.15) is 12.5 Å². The second-order valence-corrected chi connectivity index (χ2v) is 10.4. The second-order valence-electron chi connectivity index (χ2n) is 6.90. The highest BCUT2D eigenvalue weighted by Crippen LogP contribution is 2.26. The minimum Gasteiger partial charge on any atom is -0.325 e. The molecular formula is C22H24N2O3S2. The van der Waals surface area contributed by atoms with Crippen molar-refractivity contribution in [2.75, 3.05) is 19.4 Å². The third-order valence-electron chi connectivity index (χ3n) is 4.62. The predicted octanol–water partition coefficient (Wildman–Crippen LogP) is 4.35. The Balaban J connectivity index is 1.67. The standard InChI is InChI=1S/C22H24N2O3S2/c1-16(28-15-18-10-6-9-17-8-4-5-13-21(17)18)22(25)23-19-11-7-12-20(14-19)29(26,27)24(2)3/h4-14,16H,15H2,1-3H3,(H,23,25). The smallest absolute Gasteiger partial charge is 0.242 e. The Hall–Kier alpha value is -2.35. The van der Waals surface area contributed by atoms with Gasteiger partial charge in [-0.25, -0.2) is 12.7 Å². The fraction of sp³-hybridized carbons (Fsp3) is 0.227. The lowest BCUT2D eigenvalue weighted by atomic mass is 10.1. The van der Waals surface area contributed by atoms with E-state index in [1.807, 2.05) is 25.1 Å². The third kappa shape index (κ3) is 4.98. The monoisotopic (exact) mass is 428 g/mol. The summed E-state index contributed by atoms with van der Waals surface area (Å²) in [6.07, 6.45) is 0. The summed E-state index contributed by atoms with van der Waals surface area (Å²) in [6, 6.07) is 20.7. The van der Waals surface area contributed by atoms with Gasteiger partial charge >= 0.3 is 0 Å². The summed E-state index contributed by atoms with van der Waals surface area (Å²) in [5, 5.41) is 4.91. The van der Waals surface area contributed by atoms with E-state index in [1.54, 1.807) is 23.9 Å². The van der Waals surface area contributed by atoms with Crippen molar-refractivity contribution < 1.29 is 13.2 Å². The van der Waals surface area contributed by atoms with E-state index in [4.69, 9.17) is 0 Å². The van der Waals surface area contributed by atoms with Crippen molar-refractivity contribution in [3.8, 4) is 0 Å². The van der Waals surface area contributed by atoms with Crippen molar-refractivity contribution >= 4 is 44.2 Å². The molecule has 0 saturated heterocycles. The third-order valence-corrected chi connectivity index (χ3v) is 7.62. The van der Waals surface area contributed by atoms with Crippen LogP contribution in [-0.2, 0) is 20.6 Å². The van der Waals surface area contributed by atoms with Crippen molar-refractivity contribution in [3.63, 3.8) is 0 Å². The van der Waals surface area contributed by atoms with Crippen molar-refractivity contribution in [2.45, 2.75) is 22.8 Å². The number of sulfonamides is 1. The summed E-state index contributed by atoms with van der Waals surface area (Å²) in [5.74, 6) is 0.556. The highest BCUT2D eigenvalue weighted by Gasteiger charge is 2.19. The van der Waals surface area contributed by atoms with E-state index in [2.05, 4.69) is 29.6 Å². The molecule has 3 aromatic rings. The van der Waals surface area contributed by atoms with Crippen LogP contribution >= 0.6 is 11.8 Å². The van der Waals surface area contributed by atoms with E-state index < -0.39 is 10.0 Å². The molecule has 0 fully saturated rings. The molecular weight excluding hydrogens is 404 g/mol. The topological polar surface area (TPSA) is 66.5 Å². The molecule has 0 aliphatic carbocycles. The molecule has 0 aliphatic heterocycles. The molecule has 5 nitrogen and oxygen atoms in total. The number of carbonyl (C=O) groups excluding carboxylic acids is 1. The summed E-state index contributed by atoms with van der Waals surface area (Å²) in [7, 11) is -0.588. The number of carbonyl (C=O) groups is 1.